The van der Waals surface area contributed by atoms with E-state index in [2.05, 4.69) is 27.3 Å². The van der Waals surface area contributed by atoms with Gasteiger partial charge >= 0.3 is 0 Å². The van der Waals surface area contributed by atoms with Gasteiger partial charge in [-0.3, -0.25) is 14.8 Å². The standard InChI is InChI=1S/C18H22N4O2/c1-2-22-9-5-6-12(22)10-19-18(23)17-14-11-24-15-8-4-3-7-13(15)16(14)20-21-17/h3-4,7-8,12H,2,5-6,9-11H2,1H3,(H,19,23)(H,20,21)/t12-/m0/s1. The van der Waals surface area contributed by atoms with E-state index < -0.39 is 0 Å². The lowest BCUT2D eigenvalue weighted by molar-refractivity contribution is 0.0933. The summed E-state index contributed by atoms with van der Waals surface area (Å²) < 4.78 is 5.76. The van der Waals surface area contributed by atoms with Gasteiger partial charge in [0.15, 0.2) is 0 Å². The molecule has 2 aliphatic heterocycles. The molecule has 0 unspecified atom stereocenters. The molecule has 0 aliphatic carbocycles. The summed E-state index contributed by atoms with van der Waals surface area (Å²) in [6, 6.07) is 8.21. The zero-order valence-corrected chi connectivity index (χ0v) is 13.8. The number of carbonyl (C=O) groups is 1. The Hall–Kier alpha value is -2.34. The molecule has 2 N–H and O–H groups in total. The monoisotopic (exact) mass is 326 g/mol. The van der Waals surface area contributed by atoms with E-state index in [1.165, 1.54) is 6.42 Å². The number of likely N-dealkylation sites (tertiary alicyclic amines) is 1. The largest absolute Gasteiger partial charge is 0.488 e. The molecule has 0 radical (unpaired) electrons. The van der Waals surface area contributed by atoms with Gasteiger partial charge in [0.1, 0.15) is 23.7 Å². The molecular formula is C18H22N4O2. The number of para-hydroxylation sites is 1. The average molecular weight is 326 g/mol. The Morgan fingerprint density at radius 2 is 2.33 bits per heavy atom. The van der Waals surface area contributed by atoms with Gasteiger partial charge in [-0.2, -0.15) is 5.10 Å². The third-order valence-electron chi connectivity index (χ3n) is 5.01. The van der Waals surface area contributed by atoms with E-state index in [4.69, 9.17) is 4.74 Å². The Kier molecular flexibility index (Phi) is 3.98. The van der Waals surface area contributed by atoms with Crippen LogP contribution >= 0.6 is 0 Å². The highest BCUT2D eigenvalue weighted by Crippen LogP contribution is 2.36. The van der Waals surface area contributed by atoms with Crippen molar-refractivity contribution in [3.8, 4) is 17.0 Å². The minimum atomic E-state index is -0.102. The second-order valence-electron chi connectivity index (χ2n) is 6.35. The average Bonchev–Trinajstić information content (AvgIpc) is 3.26. The van der Waals surface area contributed by atoms with Crippen LogP contribution in [-0.2, 0) is 6.61 Å². The first-order chi connectivity index (χ1) is 11.8. The van der Waals surface area contributed by atoms with Crippen LogP contribution in [-0.4, -0.2) is 46.7 Å². The molecule has 1 saturated heterocycles. The van der Waals surface area contributed by atoms with Gasteiger partial charge in [-0.05, 0) is 38.1 Å². The smallest absolute Gasteiger partial charge is 0.269 e. The normalized spacial score (nSPS) is 19.5. The number of likely N-dealkylation sites (N-methyl/N-ethyl adjacent to an activating group) is 1. The van der Waals surface area contributed by atoms with Gasteiger partial charge in [0.25, 0.3) is 5.91 Å². The summed E-state index contributed by atoms with van der Waals surface area (Å²) in [7, 11) is 0. The topological polar surface area (TPSA) is 70.2 Å². The molecule has 0 bridgehead atoms. The number of nitrogens with one attached hydrogen (secondary N) is 2. The van der Waals surface area contributed by atoms with Crippen LogP contribution in [0.25, 0.3) is 11.3 Å². The third kappa shape index (κ3) is 2.57. The minimum Gasteiger partial charge on any atom is -0.488 e. The number of fused-ring (bicyclic) bond motifs is 3. The van der Waals surface area contributed by atoms with E-state index in [0.717, 1.165) is 42.1 Å². The summed E-state index contributed by atoms with van der Waals surface area (Å²) >= 11 is 0. The molecule has 6 heteroatoms. The van der Waals surface area contributed by atoms with Crippen LogP contribution in [0.5, 0.6) is 5.75 Å². The van der Waals surface area contributed by atoms with Gasteiger partial charge in [0, 0.05) is 23.7 Å². The molecule has 24 heavy (non-hydrogen) atoms. The fourth-order valence-electron chi connectivity index (χ4n) is 3.70. The van der Waals surface area contributed by atoms with Crippen LogP contribution in [0, 0.1) is 0 Å². The van der Waals surface area contributed by atoms with Crippen molar-refractivity contribution in [2.45, 2.75) is 32.4 Å². The molecule has 3 heterocycles. The highest BCUT2D eigenvalue weighted by atomic mass is 16.5. The Morgan fingerprint density at radius 3 is 3.21 bits per heavy atom. The number of H-pyrrole nitrogens is 1. The molecule has 0 saturated carbocycles. The highest BCUT2D eigenvalue weighted by molar-refractivity contribution is 5.96. The van der Waals surface area contributed by atoms with E-state index in [1.54, 1.807) is 0 Å². The van der Waals surface area contributed by atoms with Crippen LogP contribution in [0.15, 0.2) is 24.3 Å². The van der Waals surface area contributed by atoms with Crippen molar-refractivity contribution < 1.29 is 9.53 Å². The lowest BCUT2D eigenvalue weighted by Crippen LogP contribution is -2.40. The number of nitrogens with zero attached hydrogens (tertiary/aromatic N) is 2. The Bertz CT molecular complexity index is 755. The van der Waals surface area contributed by atoms with Gasteiger partial charge in [-0.15, -0.1) is 0 Å². The second-order valence-corrected chi connectivity index (χ2v) is 6.35. The molecule has 1 amide bonds. The van der Waals surface area contributed by atoms with Crippen molar-refractivity contribution in [2.24, 2.45) is 0 Å². The van der Waals surface area contributed by atoms with Crippen molar-refractivity contribution in [1.82, 2.24) is 20.4 Å². The summed E-state index contributed by atoms with van der Waals surface area (Å²) in [4.78, 5) is 15.0. The van der Waals surface area contributed by atoms with E-state index in [-0.39, 0.29) is 5.91 Å². The van der Waals surface area contributed by atoms with Crippen molar-refractivity contribution in [1.29, 1.82) is 0 Å². The van der Waals surface area contributed by atoms with Crippen molar-refractivity contribution in [3.63, 3.8) is 0 Å². The number of hydrogen-bond acceptors (Lipinski definition) is 4. The van der Waals surface area contributed by atoms with Gasteiger partial charge in [0.05, 0.1) is 0 Å². The molecule has 1 aromatic heterocycles. The number of benzene rings is 1. The summed E-state index contributed by atoms with van der Waals surface area (Å²) in [6.45, 7) is 5.37. The third-order valence-corrected chi connectivity index (χ3v) is 5.01. The number of rotatable bonds is 4. The van der Waals surface area contributed by atoms with Gasteiger partial charge in [-0.1, -0.05) is 19.1 Å². The first-order valence-electron chi connectivity index (χ1n) is 8.59. The number of amides is 1. The summed E-state index contributed by atoms with van der Waals surface area (Å²) in [5, 5.41) is 10.3. The maximum Gasteiger partial charge on any atom is 0.269 e. The number of carbonyl (C=O) groups excluding carboxylic acids is 1. The maximum absolute atomic E-state index is 12.6. The van der Waals surface area contributed by atoms with E-state index >= 15 is 0 Å². The van der Waals surface area contributed by atoms with Crippen LogP contribution in [0.2, 0.25) is 0 Å². The van der Waals surface area contributed by atoms with Crippen LogP contribution in [0.1, 0.15) is 35.8 Å². The van der Waals surface area contributed by atoms with Gasteiger partial charge < -0.3 is 10.1 Å². The van der Waals surface area contributed by atoms with Crippen molar-refractivity contribution in [3.05, 3.63) is 35.5 Å². The van der Waals surface area contributed by atoms with Crippen LogP contribution in [0.3, 0.4) is 0 Å². The van der Waals surface area contributed by atoms with Crippen LogP contribution < -0.4 is 10.1 Å². The van der Waals surface area contributed by atoms with E-state index in [1.807, 2.05) is 24.3 Å². The predicted molar refractivity (Wildman–Crippen MR) is 91.0 cm³/mol. The fourth-order valence-corrected chi connectivity index (χ4v) is 3.70. The molecule has 126 valence electrons. The summed E-state index contributed by atoms with van der Waals surface area (Å²) in [6.07, 6.45) is 2.35. The minimum absolute atomic E-state index is 0.102. The lowest BCUT2D eigenvalue weighted by Gasteiger charge is -2.23. The molecule has 1 aromatic carbocycles. The Balaban J connectivity index is 1.50. The number of hydrogen-bond donors (Lipinski definition) is 2. The zero-order chi connectivity index (χ0) is 16.5. The highest BCUT2D eigenvalue weighted by Gasteiger charge is 2.28. The zero-order valence-electron chi connectivity index (χ0n) is 13.8. The maximum atomic E-state index is 12.6. The summed E-state index contributed by atoms with van der Waals surface area (Å²) in [5.74, 6) is 0.711. The first-order valence-corrected chi connectivity index (χ1v) is 8.59. The van der Waals surface area contributed by atoms with Crippen LogP contribution in [0.4, 0.5) is 0 Å². The Morgan fingerprint density at radius 1 is 1.46 bits per heavy atom. The molecule has 4 rings (SSSR count). The fraction of sp³-hybridized carbons (Fsp3) is 0.444. The molecule has 0 spiro atoms. The van der Waals surface area contributed by atoms with Crippen molar-refractivity contribution in [2.75, 3.05) is 19.6 Å². The van der Waals surface area contributed by atoms with E-state index in [9.17, 15) is 4.79 Å². The quantitative estimate of drug-likeness (QED) is 0.903. The summed E-state index contributed by atoms with van der Waals surface area (Å²) in [5.41, 5.74) is 3.10. The SMILES string of the molecule is CCN1CCC[C@H]1CNC(=O)c1[nH]nc2c1COc1ccccc1-2. The van der Waals surface area contributed by atoms with Gasteiger partial charge in [0.2, 0.25) is 0 Å². The van der Waals surface area contributed by atoms with Crippen molar-refractivity contribution >= 4 is 5.91 Å². The van der Waals surface area contributed by atoms with E-state index in [0.29, 0.717) is 24.9 Å². The number of aromatic nitrogens is 2. The number of aromatic amines is 1. The molecule has 2 aliphatic rings. The predicted octanol–water partition coefficient (Wildman–Crippen LogP) is 2.18. The second kappa shape index (κ2) is 6.28. The molecule has 1 atom stereocenters. The molecule has 1 fully saturated rings. The Labute approximate surface area is 141 Å². The molecule has 6 nitrogen and oxygen atoms in total. The first kappa shape index (κ1) is 15.2. The van der Waals surface area contributed by atoms with Gasteiger partial charge in [-0.25, -0.2) is 0 Å². The molecular weight excluding hydrogens is 304 g/mol. The molecule has 2 aromatic rings. The number of ether oxygens (including phenoxy) is 1. The lowest BCUT2D eigenvalue weighted by atomic mass is 10.0.